The highest BCUT2D eigenvalue weighted by Gasteiger charge is 2.55. The highest BCUT2D eigenvalue weighted by Crippen LogP contribution is 2.42. The van der Waals surface area contributed by atoms with Crippen LogP contribution in [0.1, 0.15) is 13.2 Å². The lowest BCUT2D eigenvalue weighted by Crippen LogP contribution is -2.40. The van der Waals surface area contributed by atoms with Gasteiger partial charge in [-0.2, -0.15) is 4.68 Å². The number of hydrogen-bond acceptors (Lipinski definition) is 8. The van der Waals surface area contributed by atoms with Gasteiger partial charge >= 0.3 is 0 Å². The lowest BCUT2D eigenvalue weighted by atomic mass is 9.99. The van der Waals surface area contributed by atoms with E-state index in [4.69, 9.17) is 16.3 Å². The molecule has 0 amide bonds. The fourth-order valence-electron chi connectivity index (χ4n) is 3.05. The lowest BCUT2D eigenvalue weighted by Gasteiger charge is -2.23. The second kappa shape index (κ2) is 6.85. The third kappa shape index (κ3) is 2.96. The number of anilines is 2. The zero-order chi connectivity index (χ0) is 20.1. The van der Waals surface area contributed by atoms with Crippen LogP contribution in [0.15, 0.2) is 24.5 Å². The summed E-state index contributed by atoms with van der Waals surface area (Å²) in [6.07, 6.45) is -2.89. The Balaban J connectivity index is 1.73. The number of ether oxygens (including phenoxy) is 1. The number of benzene rings is 1. The monoisotopic (exact) mass is 412 g/mol. The van der Waals surface area contributed by atoms with Crippen LogP contribution in [0.2, 0.25) is 5.02 Å². The quantitative estimate of drug-likeness (QED) is 0.593. The molecule has 28 heavy (non-hydrogen) atoms. The molecule has 1 fully saturated rings. The third-order valence-corrected chi connectivity index (χ3v) is 4.80. The van der Waals surface area contributed by atoms with E-state index in [1.54, 1.807) is 0 Å². The molecule has 148 valence electrons. The van der Waals surface area contributed by atoms with E-state index in [-0.39, 0.29) is 27.7 Å². The van der Waals surface area contributed by atoms with Gasteiger partial charge in [-0.25, -0.2) is 18.7 Å². The van der Waals surface area contributed by atoms with E-state index in [0.717, 1.165) is 17.7 Å². The summed E-state index contributed by atoms with van der Waals surface area (Å²) >= 11 is 5.75. The van der Waals surface area contributed by atoms with Gasteiger partial charge in [-0.1, -0.05) is 16.8 Å². The minimum Gasteiger partial charge on any atom is -0.394 e. The Morgan fingerprint density at radius 1 is 1.39 bits per heavy atom. The van der Waals surface area contributed by atoms with Crippen LogP contribution in [-0.4, -0.2) is 59.7 Å². The first-order chi connectivity index (χ1) is 13.3. The standard InChI is InChI=1S/C16H15ClF2N6O3/c1-16(19)12(27)10(5-26)28-15(16)25-14-11(23-24-25)13(20-6-21-14)22-9-3-2-7(17)4-8(9)18/h2-4,6,10,12,15,26-27H,5H2,1H3,(H,20,21,22)/t10-,12-,15-,16-/m1/s1. The number of hydrogen-bond donors (Lipinski definition) is 3. The molecule has 1 aliphatic rings. The zero-order valence-electron chi connectivity index (χ0n) is 14.4. The number of aromatic nitrogens is 5. The largest absolute Gasteiger partial charge is 0.394 e. The van der Waals surface area contributed by atoms with Crippen LogP contribution in [0, 0.1) is 5.82 Å². The first kappa shape index (κ1) is 18.9. The molecule has 3 aromatic rings. The summed E-state index contributed by atoms with van der Waals surface area (Å²) in [5, 5.41) is 30.1. The maximum absolute atomic E-state index is 15.0. The minimum atomic E-state index is -2.26. The van der Waals surface area contributed by atoms with Crippen LogP contribution in [0.25, 0.3) is 11.2 Å². The van der Waals surface area contributed by atoms with E-state index in [0.29, 0.717) is 0 Å². The summed E-state index contributed by atoms with van der Waals surface area (Å²) in [5.74, 6) is -0.466. The molecule has 0 unspecified atom stereocenters. The van der Waals surface area contributed by atoms with Gasteiger partial charge in [-0.15, -0.1) is 5.10 Å². The van der Waals surface area contributed by atoms with Crippen molar-refractivity contribution in [3.63, 3.8) is 0 Å². The van der Waals surface area contributed by atoms with Crippen molar-refractivity contribution in [3.8, 4) is 0 Å². The van der Waals surface area contributed by atoms with Gasteiger partial charge in [-0.3, -0.25) is 0 Å². The van der Waals surface area contributed by atoms with Gasteiger partial charge in [0.05, 0.1) is 12.3 Å². The highest BCUT2D eigenvalue weighted by molar-refractivity contribution is 6.30. The van der Waals surface area contributed by atoms with Gasteiger partial charge in [-0.05, 0) is 25.1 Å². The molecule has 1 aliphatic heterocycles. The van der Waals surface area contributed by atoms with Gasteiger partial charge in [0, 0.05) is 5.02 Å². The Bertz CT molecular complexity index is 1030. The zero-order valence-corrected chi connectivity index (χ0v) is 15.2. The van der Waals surface area contributed by atoms with Crippen molar-refractivity contribution < 1.29 is 23.7 Å². The maximum Gasteiger partial charge on any atom is 0.191 e. The Kier molecular flexibility index (Phi) is 4.62. The van der Waals surface area contributed by atoms with Gasteiger partial charge in [0.15, 0.2) is 28.9 Å². The fraction of sp³-hybridized carbons (Fsp3) is 0.375. The van der Waals surface area contributed by atoms with E-state index in [1.165, 1.54) is 18.5 Å². The number of alkyl halides is 1. The Hall–Kier alpha value is -2.47. The lowest BCUT2D eigenvalue weighted by molar-refractivity contribution is -0.0639. The minimum absolute atomic E-state index is 0.0992. The molecule has 4 atom stereocenters. The van der Waals surface area contributed by atoms with Crippen LogP contribution in [0.3, 0.4) is 0 Å². The molecule has 0 aliphatic carbocycles. The maximum atomic E-state index is 15.0. The molecule has 0 radical (unpaired) electrons. The van der Waals surface area contributed by atoms with Gasteiger partial charge in [0.2, 0.25) is 0 Å². The van der Waals surface area contributed by atoms with Gasteiger partial charge < -0.3 is 20.3 Å². The molecular formula is C16H15ClF2N6O3. The van der Waals surface area contributed by atoms with Gasteiger partial charge in [0.1, 0.15) is 24.4 Å². The number of halogens is 3. The normalized spacial score (nSPS) is 27.4. The van der Waals surface area contributed by atoms with E-state index >= 15 is 4.39 Å². The van der Waals surface area contributed by atoms with E-state index in [9.17, 15) is 14.6 Å². The number of aliphatic hydroxyl groups is 2. The van der Waals surface area contributed by atoms with E-state index < -0.39 is 36.5 Å². The number of aliphatic hydroxyl groups excluding tert-OH is 2. The third-order valence-electron chi connectivity index (χ3n) is 4.56. The van der Waals surface area contributed by atoms with Crippen molar-refractivity contribution in [1.82, 2.24) is 25.0 Å². The van der Waals surface area contributed by atoms with Crippen molar-refractivity contribution in [2.75, 3.05) is 11.9 Å². The summed E-state index contributed by atoms with van der Waals surface area (Å²) < 4.78 is 35.6. The van der Waals surface area contributed by atoms with Crippen molar-refractivity contribution in [3.05, 3.63) is 35.4 Å². The molecule has 1 aromatic carbocycles. The van der Waals surface area contributed by atoms with Crippen LogP contribution in [0.4, 0.5) is 20.3 Å². The van der Waals surface area contributed by atoms with E-state index in [1.807, 2.05) is 0 Å². The Morgan fingerprint density at radius 2 is 2.18 bits per heavy atom. The molecule has 9 nitrogen and oxygen atoms in total. The van der Waals surface area contributed by atoms with Crippen LogP contribution >= 0.6 is 11.6 Å². The summed E-state index contributed by atoms with van der Waals surface area (Å²) in [4.78, 5) is 8.07. The van der Waals surface area contributed by atoms with Crippen molar-refractivity contribution >= 4 is 34.3 Å². The average molecular weight is 413 g/mol. The first-order valence-electron chi connectivity index (χ1n) is 8.24. The summed E-state index contributed by atoms with van der Waals surface area (Å²) in [6, 6.07) is 4.06. The van der Waals surface area contributed by atoms with Crippen LogP contribution < -0.4 is 5.32 Å². The Labute approximate surface area is 161 Å². The molecule has 4 rings (SSSR count). The molecule has 0 saturated carbocycles. The van der Waals surface area contributed by atoms with Crippen molar-refractivity contribution in [1.29, 1.82) is 0 Å². The molecule has 3 heterocycles. The number of rotatable bonds is 4. The molecule has 2 aromatic heterocycles. The summed E-state index contributed by atoms with van der Waals surface area (Å²) in [7, 11) is 0. The molecule has 1 saturated heterocycles. The van der Waals surface area contributed by atoms with Crippen LogP contribution in [0.5, 0.6) is 0 Å². The highest BCUT2D eigenvalue weighted by atomic mass is 35.5. The SMILES string of the molecule is C[C@@]1(F)[C@H](O)[C@@H](CO)O[C@H]1n1nnc2c(Nc3ccc(Cl)cc3F)ncnc21. The van der Waals surface area contributed by atoms with Crippen molar-refractivity contribution in [2.45, 2.75) is 31.0 Å². The fourth-order valence-corrected chi connectivity index (χ4v) is 3.21. The average Bonchev–Trinajstić information content (AvgIpc) is 3.17. The molecule has 3 N–H and O–H groups in total. The summed E-state index contributed by atoms with van der Waals surface area (Å²) in [6.45, 7) is 0.566. The smallest absolute Gasteiger partial charge is 0.191 e. The summed E-state index contributed by atoms with van der Waals surface area (Å²) in [5.41, 5.74) is -1.92. The molecule has 0 bridgehead atoms. The topological polar surface area (TPSA) is 118 Å². The first-order valence-corrected chi connectivity index (χ1v) is 8.62. The molecule has 12 heteroatoms. The molecule has 0 spiro atoms. The van der Waals surface area contributed by atoms with Crippen LogP contribution in [-0.2, 0) is 4.74 Å². The predicted molar refractivity (Wildman–Crippen MR) is 94.3 cm³/mol. The second-order valence-electron chi connectivity index (χ2n) is 6.48. The van der Waals surface area contributed by atoms with Gasteiger partial charge in [0.25, 0.3) is 0 Å². The predicted octanol–water partition coefficient (Wildman–Crippen LogP) is 1.74. The number of nitrogens with one attached hydrogen (secondary N) is 1. The number of nitrogens with zero attached hydrogens (tertiary/aromatic N) is 5. The molecular weight excluding hydrogens is 398 g/mol. The Morgan fingerprint density at radius 3 is 2.86 bits per heavy atom. The van der Waals surface area contributed by atoms with Crippen molar-refractivity contribution in [2.24, 2.45) is 0 Å². The number of fused-ring (bicyclic) bond motifs is 1. The van der Waals surface area contributed by atoms with E-state index in [2.05, 4.69) is 25.6 Å². The second-order valence-corrected chi connectivity index (χ2v) is 6.92.